The molecule has 1 aliphatic heterocycles. The monoisotopic (exact) mass is 345 g/mol. The van der Waals surface area contributed by atoms with Crippen LogP contribution in [-0.2, 0) is 11.3 Å². The van der Waals surface area contributed by atoms with Gasteiger partial charge in [0.05, 0.1) is 0 Å². The summed E-state index contributed by atoms with van der Waals surface area (Å²) < 4.78 is 0. The van der Waals surface area contributed by atoms with E-state index in [-0.39, 0.29) is 18.0 Å². The van der Waals surface area contributed by atoms with Crippen molar-refractivity contribution in [2.75, 3.05) is 13.1 Å². The van der Waals surface area contributed by atoms with Gasteiger partial charge in [-0.2, -0.15) is 0 Å². The van der Waals surface area contributed by atoms with Crippen molar-refractivity contribution in [1.29, 1.82) is 0 Å². The van der Waals surface area contributed by atoms with Crippen molar-refractivity contribution in [3.05, 3.63) is 35.9 Å². The molecule has 25 heavy (non-hydrogen) atoms. The Morgan fingerprint density at radius 3 is 2.56 bits per heavy atom. The van der Waals surface area contributed by atoms with Crippen LogP contribution in [0.5, 0.6) is 0 Å². The highest BCUT2D eigenvalue weighted by molar-refractivity contribution is 5.76. The maximum atomic E-state index is 12.3. The van der Waals surface area contributed by atoms with E-state index >= 15 is 0 Å². The van der Waals surface area contributed by atoms with Crippen LogP contribution in [0.1, 0.15) is 45.6 Å². The van der Waals surface area contributed by atoms with Crippen LogP contribution >= 0.6 is 0 Å². The Hall–Kier alpha value is -2.04. The zero-order valence-electron chi connectivity index (χ0n) is 15.6. The van der Waals surface area contributed by atoms with Gasteiger partial charge in [0.2, 0.25) is 5.91 Å². The van der Waals surface area contributed by atoms with E-state index in [0.29, 0.717) is 24.8 Å². The molecule has 2 rings (SSSR count). The van der Waals surface area contributed by atoms with Crippen molar-refractivity contribution in [2.45, 2.75) is 52.6 Å². The minimum atomic E-state index is 0.0143. The van der Waals surface area contributed by atoms with Crippen LogP contribution in [0.25, 0.3) is 0 Å². The fourth-order valence-electron chi connectivity index (χ4n) is 3.44. The molecular weight excluding hydrogens is 314 g/mol. The lowest BCUT2D eigenvalue weighted by Gasteiger charge is -2.38. The Morgan fingerprint density at radius 1 is 1.20 bits per heavy atom. The molecule has 2 atom stereocenters. The molecule has 1 aromatic carbocycles. The minimum Gasteiger partial charge on any atom is -0.352 e. The first-order valence-corrected chi connectivity index (χ1v) is 9.35. The molecule has 0 spiro atoms. The largest absolute Gasteiger partial charge is 0.352 e. The summed E-state index contributed by atoms with van der Waals surface area (Å²) >= 11 is 0. The van der Waals surface area contributed by atoms with Crippen LogP contribution in [0.3, 0.4) is 0 Å². The molecule has 1 saturated heterocycles. The number of rotatable bonds is 6. The molecule has 5 heteroatoms. The van der Waals surface area contributed by atoms with Crippen molar-refractivity contribution in [3.63, 3.8) is 0 Å². The van der Waals surface area contributed by atoms with Gasteiger partial charge in [0, 0.05) is 32.1 Å². The Bertz CT molecular complexity index is 559. The van der Waals surface area contributed by atoms with Crippen LogP contribution in [0.4, 0.5) is 4.79 Å². The van der Waals surface area contributed by atoms with Crippen molar-refractivity contribution >= 4 is 11.9 Å². The topological polar surface area (TPSA) is 61.4 Å². The average Bonchev–Trinajstić information content (AvgIpc) is 2.60. The highest BCUT2D eigenvalue weighted by Crippen LogP contribution is 2.29. The molecule has 1 aliphatic rings. The SMILES string of the molecule is CC[C@H]1CN(C(=O)NC(C)C)CC[C@H]1CC(=O)NCc1ccccc1. The summed E-state index contributed by atoms with van der Waals surface area (Å²) in [6.45, 7) is 8.13. The highest BCUT2D eigenvalue weighted by Gasteiger charge is 2.31. The summed E-state index contributed by atoms with van der Waals surface area (Å²) in [6, 6.07) is 10.1. The first-order valence-electron chi connectivity index (χ1n) is 9.35. The molecule has 1 heterocycles. The summed E-state index contributed by atoms with van der Waals surface area (Å²) in [5.41, 5.74) is 1.11. The molecule has 3 amide bonds. The van der Waals surface area contributed by atoms with Crippen molar-refractivity contribution in [3.8, 4) is 0 Å². The fraction of sp³-hybridized carbons (Fsp3) is 0.600. The number of carbonyl (C=O) groups is 2. The second kappa shape index (κ2) is 9.44. The predicted octanol–water partition coefficient (Wildman–Crippen LogP) is 3.16. The van der Waals surface area contributed by atoms with Crippen LogP contribution in [0.15, 0.2) is 30.3 Å². The second-order valence-corrected chi connectivity index (χ2v) is 7.23. The van der Waals surface area contributed by atoms with Crippen molar-refractivity contribution in [1.82, 2.24) is 15.5 Å². The molecule has 0 saturated carbocycles. The quantitative estimate of drug-likeness (QED) is 0.832. The maximum Gasteiger partial charge on any atom is 0.317 e. The number of likely N-dealkylation sites (tertiary alicyclic amines) is 1. The van der Waals surface area contributed by atoms with E-state index in [1.54, 1.807) is 0 Å². The van der Waals surface area contributed by atoms with Crippen LogP contribution in [0, 0.1) is 11.8 Å². The van der Waals surface area contributed by atoms with Gasteiger partial charge in [-0.05, 0) is 37.7 Å². The van der Waals surface area contributed by atoms with E-state index in [1.165, 1.54) is 0 Å². The Balaban J connectivity index is 1.81. The first kappa shape index (κ1) is 19.3. The lowest BCUT2D eigenvalue weighted by Crippen LogP contribution is -2.50. The molecule has 0 radical (unpaired) electrons. The lowest BCUT2D eigenvalue weighted by molar-refractivity contribution is -0.123. The van der Waals surface area contributed by atoms with Gasteiger partial charge in [0.25, 0.3) is 0 Å². The molecule has 0 bridgehead atoms. The van der Waals surface area contributed by atoms with E-state index in [9.17, 15) is 9.59 Å². The van der Waals surface area contributed by atoms with Crippen LogP contribution in [-0.4, -0.2) is 36.0 Å². The third kappa shape index (κ3) is 6.07. The number of hydrogen-bond donors (Lipinski definition) is 2. The first-order chi connectivity index (χ1) is 12.0. The molecule has 0 aliphatic carbocycles. The maximum absolute atomic E-state index is 12.3. The van der Waals surface area contributed by atoms with Gasteiger partial charge in [-0.1, -0.05) is 43.7 Å². The second-order valence-electron chi connectivity index (χ2n) is 7.23. The molecule has 1 fully saturated rings. The van der Waals surface area contributed by atoms with Crippen LogP contribution < -0.4 is 10.6 Å². The minimum absolute atomic E-state index is 0.0143. The standard InChI is InChI=1S/C20H31N3O2/c1-4-17-14-23(20(25)22-15(2)3)11-10-18(17)12-19(24)21-13-16-8-6-5-7-9-16/h5-9,15,17-18H,4,10-14H2,1-3H3,(H,21,24)(H,22,25)/t17-,18-/m0/s1. The number of hydrogen-bond acceptors (Lipinski definition) is 2. The normalized spacial score (nSPS) is 20.4. The van der Waals surface area contributed by atoms with E-state index in [0.717, 1.165) is 31.5 Å². The van der Waals surface area contributed by atoms with Gasteiger partial charge in [0.1, 0.15) is 0 Å². The summed E-state index contributed by atoms with van der Waals surface area (Å²) in [7, 11) is 0. The van der Waals surface area contributed by atoms with Gasteiger partial charge < -0.3 is 15.5 Å². The number of nitrogens with one attached hydrogen (secondary N) is 2. The number of amides is 3. The molecule has 1 aromatic rings. The summed E-state index contributed by atoms with van der Waals surface area (Å²) in [6.07, 6.45) is 2.43. The summed E-state index contributed by atoms with van der Waals surface area (Å²) in [5.74, 6) is 0.838. The molecule has 2 N–H and O–H groups in total. The van der Waals surface area contributed by atoms with Gasteiger partial charge in [-0.3, -0.25) is 4.79 Å². The Labute approximate surface area is 151 Å². The smallest absolute Gasteiger partial charge is 0.317 e. The predicted molar refractivity (Wildman–Crippen MR) is 100 cm³/mol. The fourth-order valence-corrected chi connectivity index (χ4v) is 3.44. The number of benzene rings is 1. The molecule has 5 nitrogen and oxygen atoms in total. The summed E-state index contributed by atoms with van der Waals surface area (Å²) in [5, 5.41) is 5.98. The summed E-state index contributed by atoms with van der Waals surface area (Å²) in [4.78, 5) is 26.4. The van der Waals surface area contributed by atoms with Crippen molar-refractivity contribution < 1.29 is 9.59 Å². The van der Waals surface area contributed by atoms with Gasteiger partial charge >= 0.3 is 6.03 Å². The zero-order chi connectivity index (χ0) is 18.2. The molecule has 138 valence electrons. The van der Waals surface area contributed by atoms with Crippen molar-refractivity contribution in [2.24, 2.45) is 11.8 Å². The molecule has 0 aromatic heterocycles. The molecular formula is C20H31N3O2. The zero-order valence-corrected chi connectivity index (χ0v) is 15.6. The Kier molecular flexibility index (Phi) is 7.29. The number of urea groups is 1. The van der Waals surface area contributed by atoms with Gasteiger partial charge in [0.15, 0.2) is 0 Å². The third-order valence-electron chi connectivity index (χ3n) is 4.90. The lowest BCUT2D eigenvalue weighted by atomic mass is 9.81. The third-order valence-corrected chi connectivity index (χ3v) is 4.90. The molecule has 0 unspecified atom stereocenters. The Morgan fingerprint density at radius 2 is 1.92 bits per heavy atom. The van der Waals surface area contributed by atoms with E-state index < -0.39 is 0 Å². The number of nitrogens with zero attached hydrogens (tertiary/aromatic N) is 1. The van der Waals surface area contributed by atoms with E-state index in [2.05, 4.69) is 17.6 Å². The van der Waals surface area contributed by atoms with E-state index in [4.69, 9.17) is 0 Å². The van der Waals surface area contributed by atoms with Gasteiger partial charge in [-0.25, -0.2) is 4.79 Å². The average molecular weight is 345 g/mol. The highest BCUT2D eigenvalue weighted by atomic mass is 16.2. The number of carbonyl (C=O) groups excluding carboxylic acids is 2. The number of piperidine rings is 1. The van der Waals surface area contributed by atoms with E-state index in [1.807, 2.05) is 49.1 Å². The van der Waals surface area contributed by atoms with Crippen LogP contribution in [0.2, 0.25) is 0 Å². The van der Waals surface area contributed by atoms with Gasteiger partial charge in [-0.15, -0.1) is 0 Å².